The largest absolute Gasteiger partial charge is 0.478 e. The molecule has 21 heavy (non-hydrogen) atoms. The molecule has 1 aromatic rings. The van der Waals surface area contributed by atoms with Gasteiger partial charge >= 0.3 is 5.97 Å². The van der Waals surface area contributed by atoms with Crippen LogP contribution in [0.15, 0.2) is 23.1 Å². The first-order valence-corrected chi connectivity index (χ1v) is 8.34. The minimum atomic E-state index is -3.69. The van der Waals surface area contributed by atoms with Crippen LogP contribution in [0.4, 0.5) is 5.69 Å². The fraction of sp³-hybridized carbons (Fsp3) is 0.500. The molecule has 0 aromatic heterocycles. The molecule has 0 amide bonds. The molecule has 1 aliphatic rings. The second kappa shape index (κ2) is 5.65. The fourth-order valence-corrected chi connectivity index (χ4v) is 4.70. The van der Waals surface area contributed by atoms with Crippen molar-refractivity contribution < 1.29 is 18.3 Å². The van der Waals surface area contributed by atoms with Crippen LogP contribution in [-0.2, 0) is 10.0 Å². The van der Waals surface area contributed by atoms with E-state index in [2.05, 4.69) is 0 Å². The van der Waals surface area contributed by atoms with Crippen molar-refractivity contribution in [3.63, 3.8) is 0 Å². The minimum absolute atomic E-state index is 0.0138. The Hall–Kier alpha value is -1.60. The van der Waals surface area contributed by atoms with Gasteiger partial charge < -0.3 is 10.8 Å². The Balaban J connectivity index is 2.42. The van der Waals surface area contributed by atoms with E-state index in [0.29, 0.717) is 6.54 Å². The number of hydrogen-bond acceptors (Lipinski definition) is 4. The number of anilines is 1. The predicted octanol–water partition coefficient (Wildman–Crippen LogP) is 1.78. The Labute approximate surface area is 124 Å². The average molecular weight is 312 g/mol. The van der Waals surface area contributed by atoms with Gasteiger partial charge in [-0.2, -0.15) is 4.31 Å². The number of nitrogens with zero attached hydrogens (tertiary/aromatic N) is 1. The summed E-state index contributed by atoms with van der Waals surface area (Å²) >= 11 is 0. The zero-order valence-electron chi connectivity index (χ0n) is 12.1. The molecule has 0 spiro atoms. The van der Waals surface area contributed by atoms with Crippen molar-refractivity contribution in [3.8, 4) is 0 Å². The van der Waals surface area contributed by atoms with Gasteiger partial charge in [-0.25, -0.2) is 13.2 Å². The Morgan fingerprint density at radius 3 is 2.62 bits per heavy atom. The molecule has 0 aliphatic carbocycles. The number of sulfonamides is 1. The van der Waals surface area contributed by atoms with E-state index in [1.54, 1.807) is 0 Å². The fourth-order valence-electron chi connectivity index (χ4n) is 2.77. The van der Waals surface area contributed by atoms with E-state index in [1.165, 1.54) is 22.5 Å². The number of aromatic carboxylic acids is 1. The van der Waals surface area contributed by atoms with Gasteiger partial charge in [0.1, 0.15) is 4.90 Å². The zero-order chi connectivity index (χ0) is 15.8. The molecule has 116 valence electrons. The van der Waals surface area contributed by atoms with Crippen molar-refractivity contribution in [2.24, 2.45) is 5.92 Å². The van der Waals surface area contributed by atoms with Crippen LogP contribution in [0, 0.1) is 5.92 Å². The topological polar surface area (TPSA) is 101 Å². The van der Waals surface area contributed by atoms with E-state index >= 15 is 0 Å². The van der Waals surface area contributed by atoms with Gasteiger partial charge in [0.25, 0.3) is 0 Å². The lowest BCUT2D eigenvalue weighted by atomic mass is 10.0. The highest BCUT2D eigenvalue weighted by molar-refractivity contribution is 7.89. The summed E-state index contributed by atoms with van der Waals surface area (Å²) in [5.74, 6) is -0.909. The van der Waals surface area contributed by atoms with Crippen LogP contribution in [0.3, 0.4) is 0 Å². The van der Waals surface area contributed by atoms with Crippen molar-refractivity contribution >= 4 is 21.7 Å². The maximum atomic E-state index is 12.7. The average Bonchev–Trinajstić information content (AvgIpc) is 2.88. The number of carboxylic acids is 1. The molecule has 1 aliphatic heterocycles. The third-order valence-corrected chi connectivity index (χ3v) is 5.86. The van der Waals surface area contributed by atoms with E-state index in [1.807, 2.05) is 13.8 Å². The van der Waals surface area contributed by atoms with E-state index in [9.17, 15) is 13.2 Å². The highest BCUT2D eigenvalue weighted by Crippen LogP contribution is 2.32. The SMILES string of the molecule is CC(C)C1CCCN1S(=O)(=O)c1ccc(C(=O)O)cc1N. The first-order valence-electron chi connectivity index (χ1n) is 6.90. The lowest BCUT2D eigenvalue weighted by Crippen LogP contribution is -2.38. The highest BCUT2D eigenvalue weighted by atomic mass is 32.2. The lowest BCUT2D eigenvalue weighted by molar-refractivity contribution is 0.0697. The molecule has 7 heteroatoms. The Morgan fingerprint density at radius 1 is 1.43 bits per heavy atom. The summed E-state index contributed by atoms with van der Waals surface area (Å²) in [5, 5.41) is 8.91. The maximum Gasteiger partial charge on any atom is 0.335 e. The summed E-state index contributed by atoms with van der Waals surface area (Å²) in [6.07, 6.45) is 1.67. The minimum Gasteiger partial charge on any atom is -0.478 e. The molecule has 1 fully saturated rings. The number of carbonyl (C=O) groups is 1. The maximum absolute atomic E-state index is 12.7. The molecule has 1 saturated heterocycles. The molecule has 0 radical (unpaired) electrons. The summed E-state index contributed by atoms with van der Waals surface area (Å²) in [6.45, 7) is 4.47. The van der Waals surface area contributed by atoms with Crippen molar-refractivity contribution in [2.45, 2.75) is 37.6 Å². The van der Waals surface area contributed by atoms with Gasteiger partial charge in [-0.15, -0.1) is 0 Å². The standard InChI is InChI=1S/C14H20N2O4S/c1-9(2)12-4-3-7-16(12)21(19,20)13-6-5-10(14(17)18)8-11(13)15/h5-6,8-9,12H,3-4,7,15H2,1-2H3,(H,17,18). The number of benzene rings is 1. The molecular formula is C14H20N2O4S. The van der Waals surface area contributed by atoms with Crippen molar-refractivity contribution in [1.82, 2.24) is 4.31 Å². The zero-order valence-corrected chi connectivity index (χ0v) is 12.9. The van der Waals surface area contributed by atoms with Crippen LogP contribution in [0.2, 0.25) is 0 Å². The van der Waals surface area contributed by atoms with Crippen LogP contribution in [-0.4, -0.2) is 36.4 Å². The molecule has 1 aromatic carbocycles. The van der Waals surface area contributed by atoms with Gasteiger partial charge in [0.05, 0.1) is 11.3 Å². The number of nitrogens with two attached hydrogens (primary N) is 1. The Morgan fingerprint density at radius 2 is 2.10 bits per heavy atom. The molecule has 0 saturated carbocycles. The second-order valence-corrected chi connectivity index (χ2v) is 7.49. The molecule has 1 atom stereocenters. The van der Waals surface area contributed by atoms with Crippen LogP contribution in [0.1, 0.15) is 37.0 Å². The third-order valence-electron chi connectivity index (χ3n) is 3.86. The molecule has 1 heterocycles. The molecule has 3 N–H and O–H groups in total. The summed E-state index contributed by atoms with van der Waals surface area (Å²) in [7, 11) is -3.69. The monoisotopic (exact) mass is 312 g/mol. The summed E-state index contributed by atoms with van der Waals surface area (Å²) in [4.78, 5) is 10.9. The number of carboxylic acid groups (broad SMARTS) is 1. The van der Waals surface area contributed by atoms with Gasteiger partial charge in [-0.1, -0.05) is 13.8 Å². The van der Waals surface area contributed by atoms with E-state index in [4.69, 9.17) is 10.8 Å². The lowest BCUT2D eigenvalue weighted by Gasteiger charge is -2.27. The molecule has 0 bridgehead atoms. The van der Waals surface area contributed by atoms with E-state index < -0.39 is 16.0 Å². The number of hydrogen-bond donors (Lipinski definition) is 2. The van der Waals surface area contributed by atoms with Crippen LogP contribution < -0.4 is 5.73 Å². The van der Waals surface area contributed by atoms with Crippen molar-refractivity contribution in [1.29, 1.82) is 0 Å². The van der Waals surface area contributed by atoms with Gasteiger partial charge in [0.2, 0.25) is 10.0 Å². The summed E-state index contributed by atoms with van der Waals surface area (Å²) in [6, 6.07) is 3.71. The third kappa shape index (κ3) is 2.89. The molecule has 6 nitrogen and oxygen atoms in total. The summed E-state index contributed by atoms with van der Waals surface area (Å²) < 4.78 is 27.0. The van der Waals surface area contributed by atoms with Gasteiger partial charge in [-0.05, 0) is 37.0 Å². The van der Waals surface area contributed by atoms with Crippen molar-refractivity contribution in [3.05, 3.63) is 23.8 Å². The highest BCUT2D eigenvalue weighted by Gasteiger charge is 2.37. The molecular weight excluding hydrogens is 292 g/mol. The number of nitrogen functional groups attached to an aromatic ring is 1. The molecule has 1 unspecified atom stereocenters. The van der Waals surface area contributed by atoms with E-state index in [-0.39, 0.29) is 28.1 Å². The normalized spacial score (nSPS) is 20.0. The van der Waals surface area contributed by atoms with Crippen LogP contribution >= 0.6 is 0 Å². The smallest absolute Gasteiger partial charge is 0.335 e. The van der Waals surface area contributed by atoms with Gasteiger partial charge in [0.15, 0.2) is 0 Å². The van der Waals surface area contributed by atoms with Crippen LogP contribution in [0.5, 0.6) is 0 Å². The predicted molar refractivity (Wildman–Crippen MR) is 79.6 cm³/mol. The van der Waals surface area contributed by atoms with Crippen LogP contribution in [0.25, 0.3) is 0 Å². The quantitative estimate of drug-likeness (QED) is 0.825. The Bertz CT molecular complexity index is 655. The molecule has 2 rings (SSSR count). The number of rotatable bonds is 4. The Kier molecular flexibility index (Phi) is 4.25. The van der Waals surface area contributed by atoms with Crippen molar-refractivity contribution in [2.75, 3.05) is 12.3 Å². The van der Waals surface area contributed by atoms with Gasteiger partial charge in [0, 0.05) is 12.6 Å². The van der Waals surface area contributed by atoms with Gasteiger partial charge in [-0.3, -0.25) is 0 Å². The van der Waals surface area contributed by atoms with E-state index in [0.717, 1.165) is 12.8 Å². The second-order valence-electron chi connectivity index (χ2n) is 5.63. The first kappa shape index (κ1) is 15.8. The summed E-state index contributed by atoms with van der Waals surface area (Å²) in [5.41, 5.74) is 5.72. The first-order chi connectivity index (χ1) is 9.75.